The van der Waals surface area contributed by atoms with Crippen LogP contribution in [0.2, 0.25) is 0 Å². The molecule has 84 valence electrons. The van der Waals surface area contributed by atoms with Gasteiger partial charge in [0.2, 0.25) is 0 Å². The number of nitrogens with two attached hydrogens (primary N) is 1. The van der Waals surface area contributed by atoms with Gasteiger partial charge in [0.25, 0.3) is 0 Å². The van der Waals surface area contributed by atoms with Gasteiger partial charge in [0, 0.05) is 6.54 Å². The third-order valence-electron chi connectivity index (χ3n) is 1.76. The molecule has 0 aliphatic rings. The number of nitrogens with one attached hydrogen (secondary N) is 1. The topological polar surface area (TPSA) is 50.9 Å². The highest BCUT2D eigenvalue weighted by molar-refractivity contribution is 5.41. The van der Waals surface area contributed by atoms with Crippen molar-refractivity contribution < 1.29 is 13.2 Å². The highest BCUT2D eigenvalue weighted by Crippen LogP contribution is 2.27. The highest BCUT2D eigenvalue weighted by atomic mass is 19.4. The summed E-state index contributed by atoms with van der Waals surface area (Å²) in [6, 6.07) is 2.30. The summed E-state index contributed by atoms with van der Waals surface area (Å²) in [6.07, 6.45) is -2.45. The number of alkyl halides is 3. The number of pyridine rings is 1. The van der Waals surface area contributed by atoms with Gasteiger partial charge in [-0.2, -0.15) is 13.2 Å². The molecule has 1 heterocycles. The summed E-state index contributed by atoms with van der Waals surface area (Å²) in [6.45, 7) is 1.17. The summed E-state index contributed by atoms with van der Waals surface area (Å²) in [5, 5.41) is 2.91. The standard InChI is InChI=1S/C9H12F3N3/c10-9(11,12)8-3-2-7(6-15-8)14-5-1-4-13/h2-3,6,14H,1,4-5,13H2. The Balaban J connectivity index is 2.57. The van der Waals surface area contributed by atoms with Crippen molar-refractivity contribution in [2.75, 3.05) is 18.4 Å². The van der Waals surface area contributed by atoms with Crippen molar-refractivity contribution in [3.63, 3.8) is 0 Å². The van der Waals surface area contributed by atoms with Gasteiger partial charge in [-0.25, -0.2) is 4.98 Å². The number of anilines is 1. The summed E-state index contributed by atoms with van der Waals surface area (Å²) in [5.41, 5.74) is 4.95. The molecule has 0 aliphatic carbocycles. The van der Waals surface area contributed by atoms with E-state index in [4.69, 9.17) is 5.73 Å². The second-order valence-electron chi connectivity index (χ2n) is 3.00. The van der Waals surface area contributed by atoms with Crippen LogP contribution in [0.5, 0.6) is 0 Å². The van der Waals surface area contributed by atoms with Gasteiger partial charge in [0.1, 0.15) is 5.69 Å². The molecule has 0 fully saturated rings. The van der Waals surface area contributed by atoms with Crippen LogP contribution in [0.3, 0.4) is 0 Å². The Morgan fingerprint density at radius 1 is 1.33 bits per heavy atom. The lowest BCUT2D eigenvalue weighted by Crippen LogP contribution is -2.10. The molecule has 0 aromatic carbocycles. The molecule has 0 atom stereocenters. The third-order valence-corrected chi connectivity index (χ3v) is 1.76. The number of aromatic nitrogens is 1. The van der Waals surface area contributed by atoms with E-state index in [1.807, 2.05) is 0 Å². The number of halogens is 3. The number of rotatable bonds is 4. The lowest BCUT2D eigenvalue weighted by atomic mass is 10.3. The fourth-order valence-electron chi connectivity index (χ4n) is 1.00. The molecule has 0 amide bonds. The van der Waals surface area contributed by atoms with Crippen molar-refractivity contribution in [3.05, 3.63) is 24.0 Å². The van der Waals surface area contributed by atoms with E-state index in [0.717, 1.165) is 12.5 Å². The van der Waals surface area contributed by atoms with Gasteiger partial charge in [0.05, 0.1) is 11.9 Å². The zero-order valence-electron chi connectivity index (χ0n) is 8.01. The van der Waals surface area contributed by atoms with E-state index in [0.29, 0.717) is 18.8 Å². The molecule has 0 spiro atoms. The maximum Gasteiger partial charge on any atom is 0.433 e. The lowest BCUT2D eigenvalue weighted by molar-refractivity contribution is -0.141. The maximum atomic E-state index is 12.1. The molecule has 0 unspecified atom stereocenters. The molecule has 0 radical (unpaired) electrons. The van der Waals surface area contributed by atoms with Gasteiger partial charge < -0.3 is 11.1 Å². The fourth-order valence-corrected chi connectivity index (χ4v) is 1.00. The van der Waals surface area contributed by atoms with Crippen LogP contribution < -0.4 is 11.1 Å². The summed E-state index contributed by atoms with van der Waals surface area (Å²) >= 11 is 0. The van der Waals surface area contributed by atoms with Crippen molar-refractivity contribution in [2.24, 2.45) is 5.73 Å². The van der Waals surface area contributed by atoms with Crippen LogP contribution in [-0.2, 0) is 6.18 Å². The van der Waals surface area contributed by atoms with Gasteiger partial charge in [-0.05, 0) is 25.1 Å². The fraction of sp³-hybridized carbons (Fsp3) is 0.444. The normalized spacial score (nSPS) is 11.5. The largest absolute Gasteiger partial charge is 0.433 e. The molecule has 1 aromatic rings. The molecule has 6 heteroatoms. The zero-order valence-corrected chi connectivity index (χ0v) is 8.01. The zero-order chi connectivity index (χ0) is 11.3. The van der Waals surface area contributed by atoms with E-state index >= 15 is 0 Å². The molecular weight excluding hydrogens is 207 g/mol. The third kappa shape index (κ3) is 3.75. The van der Waals surface area contributed by atoms with E-state index in [2.05, 4.69) is 10.3 Å². The first-order chi connectivity index (χ1) is 7.04. The van der Waals surface area contributed by atoms with Crippen molar-refractivity contribution in [2.45, 2.75) is 12.6 Å². The number of hydrogen-bond donors (Lipinski definition) is 2. The van der Waals surface area contributed by atoms with E-state index in [1.165, 1.54) is 12.3 Å². The summed E-state index contributed by atoms with van der Waals surface area (Å²) in [5.74, 6) is 0. The van der Waals surface area contributed by atoms with Gasteiger partial charge >= 0.3 is 6.18 Å². The lowest BCUT2D eigenvalue weighted by Gasteiger charge is -2.07. The minimum absolute atomic E-state index is 0.543. The van der Waals surface area contributed by atoms with Crippen molar-refractivity contribution >= 4 is 5.69 Å². The Hall–Kier alpha value is -1.30. The maximum absolute atomic E-state index is 12.1. The van der Waals surface area contributed by atoms with E-state index in [-0.39, 0.29) is 0 Å². The SMILES string of the molecule is NCCCNc1ccc(C(F)(F)F)nc1. The second-order valence-corrected chi connectivity index (χ2v) is 3.00. The summed E-state index contributed by atoms with van der Waals surface area (Å²) in [7, 11) is 0. The molecule has 0 saturated carbocycles. The van der Waals surface area contributed by atoms with E-state index in [9.17, 15) is 13.2 Å². The monoisotopic (exact) mass is 219 g/mol. The molecule has 1 aromatic heterocycles. The highest BCUT2D eigenvalue weighted by Gasteiger charge is 2.31. The molecule has 0 saturated heterocycles. The van der Waals surface area contributed by atoms with Crippen LogP contribution in [0.4, 0.5) is 18.9 Å². The van der Waals surface area contributed by atoms with Gasteiger partial charge in [0.15, 0.2) is 0 Å². The average Bonchev–Trinajstić information content (AvgIpc) is 2.18. The van der Waals surface area contributed by atoms with Crippen LogP contribution in [0.1, 0.15) is 12.1 Å². The quantitative estimate of drug-likeness (QED) is 0.760. The number of nitrogens with zero attached hydrogens (tertiary/aromatic N) is 1. The second kappa shape index (κ2) is 4.97. The van der Waals surface area contributed by atoms with Crippen LogP contribution in [0.15, 0.2) is 18.3 Å². The first kappa shape index (κ1) is 11.8. The first-order valence-corrected chi connectivity index (χ1v) is 4.51. The Morgan fingerprint density at radius 3 is 2.53 bits per heavy atom. The molecule has 3 nitrogen and oxygen atoms in total. The summed E-state index contributed by atoms with van der Waals surface area (Å²) in [4.78, 5) is 3.31. The van der Waals surface area contributed by atoms with Crippen molar-refractivity contribution in [1.29, 1.82) is 0 Å². The Labute approximate surface area is 85.5 Å². The Morgan fingerprint density at radius 2 is 2.07 bits per heavy atom. The Kier molecular flexibility index (Phi) is 3.90. The first-order valence-electron chi connectivity index (χ1n) is 4.51. The van der Waals surface area contributed by atoms with Crippen LogP contribution in [0, 0.1) is 0 Å². The van der Waals surface area contributed by atoms with Gasteiger partial charge in [-0.3, -0.25) is 0 Å². The smallest absolute Gasteiger partial charge is 0.384 e. The predicted octanol–water partition coefficient (Wildman–Crippen LogP) is 1.86. The molecule has 15 heavy (non-hydrogen) atoms. The van der Waals surface area contributed by atoms with Gasteiger partial charge in [-0.15, -0.1) is 0 Å². The average molecular weight is 219 g/mol. The molecule has 0 aliphatic heterocycles. The van der Waals surface area contributed by atoms with Gasteiger partial charge in [-0.1, -0.05) is 0 Å². The van der Waals surface area contributed by atoms with Crippen molar-refractivity contribution in [3.8, 4) is 0 Å². The molecular formula is C9H12F3N3. The molecule has 3 N–H and O–H groups in total. The van der Waals surface area contributed by atoms with E-state index < -0.39 is 11.9 Å². The summed E-state index contributed by atoms with van der Waals surface area (Å²) < 4.78 is 36.4. The van der Waals surface area contributed by atoms with Crippen LogP contribution in [-0.4, -0.2) is 18.1 Å². The van der Waals surface area contributed by atoms with Crippen LogP contribution in [0.25, 0.3) is 0 Å². The Bertz CT molecular complexity index is 294. The number of hydrogen-bond acceptors (Lipinski definition) is 3. The minimum Gasteiger partial charge on any atom is -0.384 e. The predicted molar refractivity (Wildman–Crippen MR) is 51.4 cm³/mol. The molecule has 0 bridgehead atoms. The van der Waals surface area contributed by atoms with Crippen LogP contribution >= 0.6 is 0 Å². The van der Waals surface area contributed by atoms with Crippen molar-refractivity contribution in [1.82, 2.24) is 4.98 Å². The minimum atomic E-state index is -4.38. The van der Waals surface area contributed by atoms with E-state index in [1.54, 1.807) is 0 Å². The molecule has 1 rings (SSSR count).